The molecule has 9 heteroatoms. The van der Waals surface area contributed by atoms with Gasteiger partial charge in [0, 0.05) is 6.20 Å². The van der Waals surface area contributed by atoms with E-state index in [2.05, 4.69) is 26.6 Å². The number of hydrogen-bond acceptors (Lipinski definition) is 5. The van der Waals surface area contributed by atoms with E-state index in [0.29, 0.717) is 22.4 Å². The first-order valence-electron chi connectivity index (χ1n) is 9.74. The van der Waals surface area contributed by atoms with Gasteiger partial charge < -0.3 is 5.32 Å². The van der Waals surface area contributed by atoms with Gasteiger partial charge >= 0.3 is 0 Å². The summed E-state index contributed by atoms with van der Waals surface area (Å²) in [5.74, 6) is -0.106. The second kappa shape index (κ2) is 9.50. The fourth-order valence-corrected chi connectivity index (χ4v) is 4.16. The van der Waals surface area contributed by atoms with Gasteiger partial charge in [-0.3, -0.25) is 14.3 Å². The highest BCUT2D eigenvalue weighted by Crippen LogP contribution is 2.29. The van der Waals surface area contributed by atoms with Gasteiger partial charge in [-0.25, -0.2) is 4.39 Å². The number of aromatic nitrogens is 4. The summed E-state index contributed by atoms with van der Waals surface area (Å²) in [5, 5.41) is 12.1. The number of carbonyl (C=O) groups is 1. The number of anilines is 1. The zero-order valence-corrected chi connectivity index (χ0v) is 18.9. The Kier molecular flexibility index (Phi) is 6.53. The van der Waals surface area contributed by atoms with Crippen LogP contribution in [0.2, 0.25) is 5.02 Å². The number of rotatable bonds is 6. The molecule has 4 aromatic rings. The van der Waals surface area contributed by atoms with Crippen molar-refractivity contribution >= 4 is 35.0 Å². The molecule has 2 aromatic heterocycles. The third-order valence-electron chi connectivity index (χ3n) is 4.66. The Morgan fingerprint density at radius 3 is 2.69 bits per heavy atom. The van der Waals surface area contributed by atoms with E-state index in [9.17, 15) is 9.18 Å². The molecule has 0 atom stereocenters. The highest BCUT2D eigenvalue weighted by molar-refractivity contribution is 7.99. The van der Waals surface area contributed by atoms with Crippen LogP contribution in [0.5, 0.6) is 0 Å². The third kappa shape index (κ3) is 4.81. The molecule has 0 spiro atoms. The van der Waals surface area contributed by atoms with Crippen molar-refractivity contribution in [1.29, 1.82) is 0 Å². The Balaban J connectivity index is 1.62. The van der Waals surface area contributed by atoms with Crippen molar-refractivity contribution < 1.29 is 9.18 Å². The normalized spacial score (nSPS) is 10.9. The van der Waals surface area contributed by atoms with Crippen molar-refractivity contribution in [1.82, 2.24) is 19.7 Å². The molecule has 0 saturated heterocycles. The minimum absolute atomic E-state index is 0.0684. The molecule has 162 valence electrons. The molecule has 6 nitrogen and oxygen atoms in total. The molecule has 0 aliphatic rings. The average molecular weight is 468 g/mol. The minimum atomic E-state index is -0.467. The number of carbonyl (C=O) groups excluding carboxylic acids is 1. The molecule has 0 fully saturated rings. The molecule has 2 aromatic carbocycles. The SMILES string of the molecule is Cc1ccc(-n2c(SCC(=O)Nc3ccc(F)cc3Cl)nnc2-c2ccccn2)c(C)c1. The molecule has 1 N–H and O–H groups in total. The van der Waals surface area contributed by atoms with Crippen LogP contribution in [0.25, 0.3) is 17.2 Å². The summed E-state index contributed by atoms with van der Waals surface area (Å²) in [5.41, 5.74) is 4.12. The van der Waals surface area contributed by atoms with E-state index in [0.717, 1.165) is 22.9 Å². The van der Waals surface area contributed by atoms with Crippen LogP contribution in [-0.4, -0.2) is 31.4 Å². The van der Waals surface area contributed by atoms with Crippen LogP contribution in [0.4, 0.5) is 10.1 Å². The van der Waals surface area contributed by atoms with Crippen LogP contribution in [0.3, 0.4) is 0 Å². The van der Waals surface area contributed by atoms with Gasteiger partial charge in [-0.2, -0.15) is 0 Å². The minimum Gasteiger partial charge on any atom is -0.324 e. The number of nitrogens with one attached hydrogen (secondary N) is 1. The molecule has 2 heterocycles. The predicted octanol–water partition coefficient (Wildman–Crippen LogP) is 5.47. The average Bonchev–Trinajstić information content (AvgIpc) is 3.18. The number of benzene rings is 2. The highest BCUT2D eigenvalue weighted by Gasteiger charge is 2.19. The van der Waals surface area contributed by atoms with E-state index in [-0.39, 0.29) is 16.7 Å². The Morgan fingerprint density at radius 2 is 1.97 bits per heavy atom. The lowest BCUT2D eigenvalue weighted by molar-refractivity contribution is -0.113. The topological polar surface area (TPSA) is 72.7 Å². The van der Waals surface area contributed by atoms with E-state index in [4.69, 9.17) is 11.6 Å². The summed E-state index contributed by atoms with van der Waals surface area (Å²) in [7, 11) is 0. The summed E-state index contributed by atoms with van der Waals surface area (Å²) in [4.78, 5) is 16.9. The molecular formula is C23H19ClFN5OS. The molecule has 1 amide bonds. The van der Waals surface area contributed by atoms with Crippen molar-refractivity contribution in [2.45, 2.75) is 19.0 Å². The summed E-state index contributed by atoms with van der Waals surface area (Å²) in [6.45, 7) is 4.05. The van der Waals surface area contributed by atoms with Crippen LogP contribution in [0.15, 0.2) is 66.0 Å². The van der Waals surface area contributed by atoms with E-state index in [1.165, 1.54) is 23.9 Å². The molecule has 0 saturated carbocycles. The van der Waals surface area contributed by atoms with Gasteiger partial charge in [-0.05, 0) is 55.8 Å². The first kappa shape index (κ1) is 22.0. The van der Waals surface area contributed by atoms with Crippen molar-refractivity contribution in [2.75, 3.05) is 11.1 Å². The van der Waals surface area contributed by atoms with Crippen LogP contribution in [0, 0.1) is 19.7 Å². The molecule has 0 bridgehead atoms. The summed E-state index contributed by atoms with van der Waals surface area (Å²) < 4.78 is 15.1. The fraction of sp³-hybridized carbons (Fsp3) is 0.130. The van der Waals surface area contributed by atoms with E-state index < -0.39 is 5.82 Å². The van der Waals surface area contributed by atoms with Crippen LogP contribution in [-0.2, 0) is 4.79 Å². The van der Waals surface area contributed by atoms with Gasteiger partial charge in [0.05, 0.1) is 22.2 Å². The second-order valence-corrected chi connectivity index (χ2v) is 8.46. The molecule has 4 rings (SSSR count). The number of pyridine rings is 1. The van der Waals surface area contributed by atoms with Gasteiger partial charge in [0.2, 0.25) is 5.91 Å². The third-order valence-corrected chi connectivity index (χ3v) is 5.90. The lowest BCUT2D eigenvalue weighted by atomic mass is 10.1. The monoisotopic (exact) mass is 467 g/mol. The fourth-order valence-electron chi connectivity index (χ4n) is 3.21. The summed E-state index contributed by atoms with van der Waals surface area (Å²) in [6, 6.07) is 15.5. The molecule has 32 heavy (non-hydrogen) atoms. The largest absolute Gasteiger partial charge is 0.324 e. The molecule has 0 radical (unpaired) electrons. The Morgan fingerprint density at radius 1 is 1.12 bits per heavy atom. The quantitative estimate of drug-likeness (QED) is 0.381. The van der Waals surface area contributed by atoms with Gasteiger partial charge in [0.25, 0.3) is 0 Å². The smallest absolute Gasteiger partial charge is 0.234 e. The van der Waals surface area contributed by atoms with Gasteiger partial charge in [-0.15, -0.1) is 10.2 Å². The number of nitrogens with zero attached hydrogens (tertiary/aromatic N) is 4. The van der Waals surface area contributed by atoms with Crippen molar-refractivity contribution in [2.24, 2.45) is 0 Å². The first-order valence-corrected chi connectivity index (χ1v) is 11.1. The Bertz CT molecular complexity index is 1280. The zero-order valence-electron chi connectivity index (χ0n) is 17.3. The molecule has 0 aliphatic heterocycles. The van der Waals surface area contributed by atoms with Crippen LogP contribution >= 0.6 is 23.4 Å². The van der Waals surface area contributed by atoms with Crippen molar-refractivity contribution in [3.05, 3.63) is 82.8 Å². The van der Waals surface area contributed by atoms with Crippen LogP contribution in [0.1, 0.15) is 11.1 Å². The van der Waals surface area contributed by atoms with Crippen molar-refractivity contribution in [3.8, 4) is 17.2 Å². The Labute approximate surface area is 193 Å². The Hall–Kier alpha value is -3.23. The lowest BCUT2D eigenvalue weighted by Gasteiger charge is -2.13. The highest BCUT2D eigenvalue weighted by atomic mass is 35.5. The van der Waals surface area contributed by atoms with Crippen LogP contribution < -0.4 is 5.32 Å². The van der Waals surface area contributed by atoms with Crippen molar-refractivity contribution in [3.63, 3.8) is 0 Å². The molecular weight excluding hydrogens is 449 g/mol. The maximum absolute atomic E-state index is 13.2. The number of hydrogen-bond donors (Lipinski definition) is 1. The molecule has 0 aliphatic carbocycles. The lowest BCUT2D eigenvalue weighted by Crippen LogP contribution is -2.15. The number of halogens is 2. The van der Waals surface area contributed by atoms with Gasteiger partial charge in [0.15, 0.2) is 11.0 Å². The first-order chi connectivity index (χ1) is 15.4. The number of thioether (sulfide) groups is 1. The summed E-state index contributed by atoms with van der Waals surface area (Å²) >= 11 is 7.24. The second-order valence-electron chi connectivity index (χ2n) is 7.11. The van der Waals surface area contributed by atoms with Gasteiger partial charge in [0.1, 0.15) is 11.5 Å². The number of amides is 1. The van der Waals surface area contributed by atoms with E-state index in [1.807, 2.05) is 48.7 Å². The molecule has 0 unspecified atom stereocenters. The maximum Gasteiger partial charge on any atom is 0.234 e. The zero-order chi connectivity index (χ0) is 22.7. The predicted molar refractivity (Wildman–Crippen MR) is 125 cm³/mol. The van der Waals surface area contributed by atoms with E-state index in [1.54, 1.807) is 6.20 Å². The van der Waals surface area contributed by atoms with Gasteiger partial charge in [-0.1, -0.05) is 47.1 Å². The van der Waals surface area contributed by atoms with E-state index >= 15 is 0 Å². The number of aryl methyl sites for hydroxylation is 2. The summed E-state index contributed by atoms with van der Waals surface area (Å²) in [6.07, 6.45) is 1.70. The standard InChI is InChI=1S/C23H19ClFN5OS/c1-14-6-9-20(15(2)11-14)30-22(19-5-3-4-10-26-19)28-29-23(30)32-13-21(31)27-18-8-7-16(25)12-17(18)24/h3-12H,13H2,1-2H3,(H,27,31). The maximum atomic E-state index is 13.2.